The van der Waals surface area contributed by atoms with Crippen LogP contribution in [0.25, 0.3) is 11.0 Å². The highest BCUT2D eigenvalue weighted by molar-refractivity contribution is 9.10. The second kappa shape index (κ2) is 6.20. The Bertz CT molecular complexity index is 936. The second-order valence-electron chi connectivity index (χ2n) is 5.19. The van der Waals surface area contributed by atoms with Crippen LogP contribution >= 0.6 is 15.9 Å². The van der Waals surface area contributed by atoms with Gasteiger partial charge in [0.15, 0.2) is 5.65 Å². The van der Waals surface area contributed by atoms with Gasteiger partial charge in [-0.15, -0.1) is 0 Å². The molecule has 0 atom stereocenters. The minimum atomic E-state index is -1.17. The Balaban J connectivity index is 2.05. The Morgan fingerprint density at radius 3 is 2.67 bits per heavy atom. The molecule has 2 N–H and O–H groups in total. The van der Waals surface area contributed by atoms with Crippen molar-refractivity contribution in [3.05, 3.63) is 57.8 Å². The van der Waals surface area contributed by atoms with Crippen LogP contribution in [0.4, 0.5) is 19.3 Å². The highest BCUT2D eigenvalue weighted by atomic mass is 79.9. The van der Waals surface area contributed by atoms with Crippen molar-refractivity contribution in [2.75, 3.05) is 5.32 Å². The summed E-state index contributed by atoms with van der Waals surface area (Å²) in [5.74, 6) is -1.29. The van der Waals surface area contributed by atoms with Crippen molar-refractivity contribution in [3.63, 3.8) is 0 Å². The molecule has 2 aromatic heterocycles. The normalized spacial score (nSPS) is 11.0. The van der Waals surface area contributed by atoms with Crippen molar-refractivity contribution in [1.82, 2.24) is 9.55 Å². The van der Waals surface area contributed by atoms with Crippen molar-refractivity contribution < 1.29 is 18.7 Å². The fourth-order valence-corrected chi connectivity index (χ4v) is 3.07. The lowest BCUT2D eigenvalue weighted by atomic mass is 10.2. The van der Waals surface area contributed by atoms with Crippen molar-refractivity contribution in [3.8, 4) is 0 Å². The molecule has 2 heterocycles. The van der Waals surface area contributed by atoms with Gasteiger partial charge >= 0.3 is 6.09 Å². The highest BCUT2D eigenvalue weighted by Crippen LogP contribution is 2.32. The van der Waals surface area contributed by atoms with Crippen LogP contribution < -0.4 is 5.32 Å². The molecule has 0 saturated heterocycles. The fourth-order valence-electron chi connectivity index (χ4n) is 2.48. The molecule has 0 aliphatic rings. The van der Waals surface area contributed by atoms with E-state index in [1.54, 1.807) is 13.0 Å². The molecular formula is C16H12BrF2N3O2. The third-order valence-electron chi connectivity index (χ3n) is 3.56. The molecule has 5 nitrogen and oxygen atoms in total. The number of fused-ring (bicyclic) bond motifs is 1. The lowest BCUT2D eigenvalue weighted by Gasteiger charge is -2.11. The van der Waals surface area contributed by atoms with Gasteiger partial charge in [-0.05, 0) is 41.1 Å². The number of nitrogens with one attached hydrogen (secondary N) is 1. The Kier molecular flexibility index (Phi) is 4.23. The number of carbonyl (C=O) groups is 1. The number of hydrogen-bond donors (Lipinski definition) is 2. The summed E-state index contributed by atoms with van der Waals surface area (Å²) in [5.41, 5.74) is 1.26. The molecule has 0 radical (unpaired) electrons. The number of benzene rings is 1. The Labute approximate surface area is 144 Å². The topological polar surface area (TPSA) is 67.2 Å². The Morgan fingerprint density at radius 1 is 1.38 bits per heavy atom. The van der Waals surface area contributed by atoms with Crippen LogP contribution in [0.1, 0.15) is 11.3 Å². The van der Waals surface area contributed by atoms with Crippen LogP contribution in [-0.2, 0) is 6.54 Å². The highest BCUT2D eigenvalue weighted by Gasteiger charge is 2.17. The number of halogens is 3. The van der Waals surface area contributed by atoms with Gasteiger partial charge in [-0.25, -0.2) is 23.1 Å². The molecule has 8 heteroatoms. The van der Waals surface area contributed by atoms with Crippen LogP contribution in [0.15, 0.2) is 34.9 Å². The van der Waals surface area contributed by atoms with Gasteiger partial charge in [-0.3, -0.25) is 0 Å². The number of aromatic nitrogens is 2. The van der Waals surface area contributed by atoms with Crippen molar-refractivity contribution in [2.24, 2.45) is 0 Å². The van der Waals surface area contributed by atoms with E-state index >= 15 is 0 Å². The molecule has 1 aromatic carbocycles. The second-order valence-corrected chi connectivity index (χ2v) is 6.05. The quantitative estimate of drug-likeness (QED) is 0.683. The van der Waals surface area contributed by atoms with Crippen LogP contribution in [0, 0.1) is 18.6 Å². The average molecular weight is 396 g/mol. The molecule has 0 aliphatic heterocycles. The number of carboxylic acid groups (broad SMARTS) is 1. The first-order valence-electron chi connectivity index (χ1n) is 6.96. The van der Waals surface area contributed by atoms with Gasteiger partial charge in [0.25, 0.3) is 0 Å². The van der Waals surface area contributed by atoms with E-state index in [-0.39, 0.29) is 17.8 Å². The van der Waals surface area contributed by atoms with E-state index in [1.807, 2.05) is 0 Å². The summed E-state index contributed by atoms with van der Waals surface area (Å²) < 4.78 is 29.0. The summed E-state index contributed by atoms with van der Waals surface area (Å²) in [7, 11) is 0. The van der Waals surface area contributed by atoms with Crippen LogP contribution in [-0.4, -0.2) is 20.8 Å². The van der Waals surface area contributed by atoms with E-state index in [0.717, 1.165) is 4.57 Å². The first kappa shape index (κ1) is 16.4. The predicted octanol–water partition coefficient (Wildman–Crippen LogP) is 4.52. The van der Waals surface area contributed by atoms with Gasteiger partial charge in [-0.2, -0.15) is 0 Å². The summed E-state index contributed by atoms with van der Waals surface area (Å²) >= 11 is 3.30. The molecule has 0 saturated carbocycles. The SMILES string of the molecule is Cc1cc(NCc2c(F)cccc2F)c2c(Br)cn(C(=O)O)c2n1. The van der Waals surface area contributed by atoms with E-state index in [0.29, 0.717) is 21.2 Å². The number of hydrogen-bond acceptors (Lipinski definition) is 3. The number of rotatable bonds is 3. The van der Waals surface area contributed by atoms with E-state index in [9.17, 15) is 18.7 Å². The molecule has 24 heavy (non-hydrogen) atoms. The van der Waals surface area contributed by atoms with E-state index < -0.39 is 17.7 Å². The van der Waals surface area contributed by atoms with E-state index in [4.69, 9.17) is 0 Å². The minimum Gasteiger partial charge on any atom is -0.464 e. The summed E-state index contributed by atoms with van der Waals surface area (Å²) in [6, 6.07) is 5.36. The average Bonchev–Trinajstić information content (AvgIpc) is 2.83. The zero-order valence-corrected chi connectivity index (χ0v) is 14.1. The van der Waals surface area contributed by atoms with E-state index in [2.05, 4.69) is 26.2 Å². The Hall–Kier alpha value is -2.48. The molecule has 124 valence electrons. The molecular weight excluding hydrogens is 384 g/mol. The summed E-state index contributed by atoms with van der Waals surface area (Å²) in [6.45, 7) is 1.63. The predicted molar refractivity (Wildman–Crippen MR) is 89.3 cm³/mol. The van der Waals surface area contributed by atoms with Crippen LogP contribution in [0.3, 0.4) is 0 Å². The molecule has 3 rings (SSSR count). The third kappa shape index (κ3) is 2.84. The lowest BCUT2D eigenvalue weighted by Crippen LogP contribution is -2.08. The van der Waals surface area contributed by atoms with Gasteiger partial charge in [0.2, 0.25) is 0 Å². The van der Waals surface area contributed by atoms with Crippen molar-refractivity contribution in [2.45, 2.75) is 13.5 Å². The number of aryl methyl sites for hydroxylation is 1. The smallest absolute Gasteiger partial charge is 0.417 e. The number of anilines is 1. The number of pyridine rings is 1. The fraction of sp³-hybridized carbons (Fsp3) is 0.125. The maximum absolute atomic E-state index is 13.8. The zero-order chi connectivity index (χ0) is 17.4. The van der Waals surface area contributed by atoms with Crippen molar-refractivity contribution in [1.29, 1.82) is 0 Å². The maximum Gasteiger partial charge on any atom is 0.417 e. The lowest BCUT2D eigenvalue weighted by molar-refractivity contribution is 0.197. The first-order valence-corrected chi connectivity index (χ1v) is 7.76. The molecule has 0 amide bonds. The Morgan fingerprint density at radius 2 is 2.04 bits per heavy atom. The van der Waals surface area contributed by atoms with Crippen LogP contribution in [0.2, 0.25) is 0 Å². The minimum absolute atomic E-state index is 0.0816. The summed E-state index contributed by atoms with van der Waals surface area (Å²) in [5, 5.41) is 12.7. The summed E-state index contributed by atoms with van der Waals surface area (Å²) in [6.07, 6.45) is 0.212. The van der Waals surface area contributed by atoms with Gasteiger partial charge in [0, 0.05) is 34.2 Å². The first-order chi connectivity index (χ1) is 11.4. The van der Waals surface area contributed by atoms with Crippen molar-refractivity contribution >= 4 is 38.7 Å². The standard InChI is InChI=1S/C16H12BrF2N3O2/c1-8-5-13(20-6-9-11(18)3-2-4-12(9)19)14-10(17)7-22(16(23)24)15(14)21-8/h2-5,7H,6H2,1H3,(H,20,21)(H,23,24). The molecule has 0 fully saturated rings. The van der Waals surface area contributed by atoms with Gasteiger partial charge in [0.05, 0.1) is 5.39 Å². The molecule has 3 aromatic rings. The maximum atomic E-state index is 13.8. The zero-order valence-electron chi connectivity index (χ0n) is 12.5. The summed E-state index contributed by atoms with van der Waals surface area (Å²) in [4.78, 5) is 15.5. The van der Waals surface area contributed by atoms with E-state index in [1.165, 1.54) is 24.4 Å². The monoisotopic (exact) mass is 395 g/mol. The third-order valence-corrected chi connectivity index (χ3v) is 4.16. The molecule has 0 unspecified atom stereocenters. The van der Waals surface area contributed by atoms with Gasteiger partial charge in [0.1, 0.15) is 11.6 Å². The number of nitrogens with zero attached hydrogens (tertiary/aromatic N) is 2. The largest absolute Gasteiger partial charge is 0.464 e. The molecule has 0 bridgehead atoms. The molecule has 0 spiro atoms. The van der Waals surface area contributed by atoms with Gasteiger partial charge in [-0.1, -0.05) is 6.07 Å². The van der Waals surface area contributed by atoms with Crippen LogP contribution in [0.5, 0.6) is 0 Å². The molecule has 0 aliphatic carbocycles. The van der Waals surface area contributed by atoms with Gasteiger partial charge < -0.3 is 10.4 Å².